The lowest BCUT2D eigenvalue weighted by Crippen LogP contribution is -2.43. The molecule has 1 unspecified atom stereocenters. The zero-order chi connectivity index (χ0) is 14.9. The summed E-state index contributed by atoms with van der Waals surface area (Å²) in [6.07, 6.45) is 2.58. The molecule has 0 saturated carbocycles. The molecule has 0 radical (unpaired) electrons. The molecule has 3 heteroatoms. The number of nitrogens with zero attached hydrogens (tertiary/aromatic N) is 1. The third-order valence-corrected chi connectivity index (χ3v) is 4.71. The summed E-state index contributed by atoms with van der Waals surface area (Å²) in [5, 5.41) is 4.78. The van der Waals surface area contributed by atoms with Crippen molar-refractivity contribution in [2.75, 3.05) is 19.6 Å². The van der Waals surface area contributed by atoms with Crippen molar-refractivity contribution in [3.8, 4) is 0 Å². The molecule has 1 N–H and O–H groups in total. The molecule has 1 aliphatic heterocycles. The van der Waals surface area contributed by atoms with Gasteiger partial charge in [-0.15, -0.1) is 0 Å². The Balaban J connectivity index is 1.83. The van der Waals surface area contributed by atoms with E-state index in [1.54, 1.807) is 0 Å². The van der Waals surface area contributed by atoms with Crippen LogP contribution in [-0.2, 0) is 0 Å². The standard InChI is InChI=1S/C18H26N2O/c1-4-19-15(13-20-11-7-10-18(20,2)3)17-12-14-8-5-6-9-16(14)21-17/h5-6,8-9,12,15,19H,4,7,10-11,13H2,1-3H3. The van der Waals surface area contributed by atoms with E-state index in [0.717, 1.165) is 24.4 Å². The molecule has 0 amide bonds. The van der Waals surface area contributed by atoms with Crippen LogP contribution in [0.15, 0.2) is 34.7 Å². The van der Waals surface area contributed by atoms with E-state index in [4.69, 9.17) is 4.42 Å². The highest BCUT2D eigenvalue weighted by atomic mass is 16.3. The van der Waals surface area contributed by atoms with Gasteiger partial charge in [0.1, 0.15) is 11.3 Å². The van der Waals surface area contributed by atoms with Crippen LogP contribution in [0.3, 0.4) is 0 Å². The van der Waals surface area contributed by atoms with Crippen molar-refractivity contribution in [2.24, 2.45) is 0 Å². The summed E-state index contributed by atoms with van der Waals surface area (Å²) < 4.78 is 6.07. The molecule has 0 aliphatic carbocycles. The van der Waals surface area contributed by atoms with E-state index >= 15 is 0 Å². The van der Waals surface area contributed by atoms with Crippen LogP contribution in [0.5, 0.6) is 0 Å². The SMILES string of the molecule is CCNC(CN1CCCC1(C)C)c1cc2ccccc2o1. The van der Waals surface area contributed by atoms with Gasteiger partial charge in [-0.2, -0.15) is 0 Å². The number of benzene rings is 1. The number of hydrogen-bond acceptors (Lipinski definition) is 3. The number of rotatable bonds is 5. The Bertz CT molecular complexity index is 569. The maximum Gasteiger partial charge on any atom is 0.134 e. The van der Waals surface area contributed by atoms with E-state index in [-0.39, 0.29) is 6.04 Å². The smallest absolute Gasteiger partial charge is 0.134 e. The lowest BCUT2D eigenvalue weighted by Gasteiger charge is -2.34. The van der Waals surface area contributed by atoms with E-state index in [2.05, 4.69) is 49.2 Å². The van der Waals surface area contributed by atoms with Gasteiger partial charge in [0.25, 0.3) is 0 Å². The average molecular weight is 286 g/mol. The van der Waals surface area contributed by atoms with Crippen LogP contribution in [0.4, 0.5) is 0 Å². The van der Waals surface area contributed by atoms with Gasteiger partial charge in [0.15, 0.2) is 0 Å². The molecule has 3 rings (SSSR count). The van der Waals surface area contributed by atoms with E-state index in [1.807, 2.05) is 12.1 Å². The van der Waals surface area contributed by atoms with Crippen LogP contribution in [0.25, 0.3) is 11.0 Å². The molecule has 1 atom stereocenters. The Kier molecular flexibility index (Phi) is 4.05. The van der Waals surface area contributed by atoms with Crippen LogP contribution in [0.2, 0.25) is 0 Å². The van der Waals surface area contributed by atoms with E-state index in [9.17, 15) is 0 Å². The van der Waals surface area contributed by atoms with Crippen LogP contribution in [0.1, 0.15) is 45.4 Å². The van der Waals surface area contributed by atoms with E-state index in [1.165, 1.54) is 24.8 Å². The molecule has 1 fully saturated rings. The largest absolute Gasteiger partial charge is 0.459 e. The monoisotopic (exact) mass is 286 g/mol. The molecular weight excluding hydrogens is 260 g/mol. The number of hydrogen-bond donors (Lipinski definition) is 1. The van der Waals surface area contributed by atoms with Gasteiger partial charge in [0.05, 0.1) is 6.04 Å². The lowest BCUT2D eigenvalue weighted by atomic mass is 10.0. The predicted molar refractivity (Wildman–Crippen MR) is 87.5 cm³/mol. The molecule has 1 saturated heterocycles. The minimum atomic E-state index is 0.264. The van der Waals surface area contributed by atoms with E-state index < -0.39 is 0 Å². The molecule has 2 heterocycles. The zero-order valence-electron chi connectivity index (χ0n) is 13.4. The van der Waals surface area contributed by atoms with Crippen molar-refractivity contribution in [3.63, 3.8) is 0 Å². The maximum absolute atomic E-state index is 6.07. The first-order chi connectivity index (χ1) is 10.1. The van der Waals surface area contributed by atoms with Crippen LogP contribution in [0, 0.1) is 0 Å². The van der Waals surface area contributed by atoms with Crippen LogP contribution < -0.4 is 5.32 Å². The minimum absolute atomic E-state index is 0.264. The van der Waals surface area contributed by atoms with Gasteiger partial charge in [-0.25, -0.2) is 0 Å². The summed E-state index contributed by atoms with van der Waals surface area (Å²) >= 11 is 0. The number of fused-ring (bicyclic) bond motifs is 1. The zero-order valence-corrected chi connectivity index (χ0v) is 13.4. The molecule has 1 aromatic carbocycles. The third-order valence-electron chi connectivity index (χ3n) is 4.71. The molecule has 114 valence electrons. The quantitative estimate of drug-likeness (QED) is 0.902. The molecule has 3 nitrogen and oxygen atoms in total. The molecule has 1 aromatic heterocycles. The first-order valence-corrected chi connectivity index (χ1v) is 8.07. The number of furan rings is 1. The predicted octanol–water partition coefficient (Wildman–Crippen LogP) is 3.96. The summed E-state index contributed by atoms with van der Waals surface area (Å²) in [6.45, 7) is 10.0. The van der Waals surface area contributed by atoms with Gasteiger partial charge in [-0.05, 0) is 51.9 Å². The number of para-hydroxylation sites is 1. The highest BCUT2D eigenvalue weighted by Crippen LogP contribution is 2.31. The Hall–Kier alpha value is -1.32. The van der Waals surface area contributed by atoms with Gasteiger partial charge in [-0.3, -0.25) is 4.90 Å². The van der Waals surface area contributed by atoms with Crippen molar-refractivity contribution in [1.29, 1.82) is 0 Å². The Morgan fingerprint density at radius 3 is 2.81 bits per heavy atom. The summed E-state index contributed by atoms with van der Waals surface area (Å²) in [6, 6.07) is 10.7. The highest BCUT2D eigenvalue weighted by molar-refractivity contribution is 5.77. The Labute approximate surface area is 127 Å². The Morgan fingerprint density at radius 2 is 2.14 bits per heavy atom. The van der Waals surface area contributed by atoms with Crippen molar-refractivity contribution < 1.29 is 4.42 Å². The second kappa shape index (κ2) is 5.82. The van der Waals surface area contributed by atoms with Crippen molar-refractivity contribution in [2.45, 2.75) is 45.2 Å². The fourth-order valence-electron chi connectivity index (χ4n) is 3.40. The topological polar surface area (TPSA) is 28.4 Å². The van der Waals surface area contributed by atoms with Crippen molar-refractivity contribution >= 4 is 11.0 Å². The number of nitrogens with one attached hydrogen (secondary N) is 1. The first kappa shape index (κ1) is 14.6. The molecule has 0 bridgehead atoms. The normalized spacial score (nSPS) is 20.1. The number of likely N-dealkylation sites (N-methyl/N-ethyl adjacent to an activating group) is 1. The minimum Gasteiger partial charge on any atom is -0.459 e. The van der Waals surface area contributed by atoms with Crippen LogP contribution >= 0.6 is 0 Å². The van der Waals surface area contributed by atoms with Gasteiger partial charge in [-0.1, -0.05) is 25.1 Å². The molecular formula is C18H26N2O. The van der Waals surface area contributed by atoms with Gasteiger partial charge in [0.2, 0.25) is 0 Å². The summed E-state index contributed by atoms with van der Waals surface area (Å²) in [5.41, 5.74) is 1.29. The second-order valence-electron chi connectivity index (χ2n) is 6.66. The maximum atomic E-state index is 6.07. The first-order valence-electron chi connectivity index (χ1n) is 8.07. The third kappa shape index (κ3) is 2.99. The highest BCUT2D eigenvalue weighted by Gasteiger charge is 2.33. The van der Waals surface area contributed by atoms with Crippen LogP contribution in [-0.4, -0.2) is 30.1 Å². The van der Waals surface area contributed by atoms with Gasteiger partial charge >= 0.3 is 0 Å². The summed E-state index contributed by atoms with van der Waals surface area (Å²) in [5.74, 6) is 1.06. The van der Waals surface area contributed by atoms with Crippen molar-refractivity contribution in [3.05, 3.63) is 36.1 Å². The lowest BCUT2D eigenvalue weighted by molar-refractivity contribution is 0.151. The summed E-state index contributed by atoms with van der Waals surface area (Å²) in [4.78, 5) is 2.59. The van der Waals surface area contributed by atoms with E-state index in [0.29, 0.717) is 5.54 Å². The van der Waals surface area contributed by atoms with Gasteiger partial charge in [0, 0.05) is 17.5 Å². The second-order valence-corrected chi connectivity index (χ2v) is 6.66. The Morgan fingerprint density at radius 1 is 1.33 bits per heavy atom. The number of likely N-dealkylation sites (tertiary alicyclic amines) is 1. The molecule has 2 aromatic rings. The van der Waals surface area contributed by atoms with Crippen molar-refractivity contribution in [1.82, 2.24) is 10.2 Å². The fourth-order valence-corrected chi connectivity index (χ4v) is 3.40. The molecule has 1 aliphatic rings. The molecule has 21 heavy (non-hydrogen) atoms. The molecule has 0 spiro atoms. The fraction of sp³-hybridized carbons (Fsp3) is 0.556. The average Bonchev–Trinajstić information content (AvgIpc) is 3.01. The summed E-state index contributed by atoms with van der Waals surface area (Å²) in [7, 11) is 0. The van der Waals surface area contributed by atoms with Gasteiger partial charge < -0.3 is 9.73 Å².